The number of carbonyl (C=O) groups excluding carboxylic acids is 2. The van der Waals surface area contributed by atoms with Crippen molar-refractivity contribution in [2.24, 2.45) is 0 Å². The molecule has 0 aliphatic carbocycles. The minimum atomic E-state index is -0.263. The first kappa shape index (κ1) is 17.3. The summed E-state index contributed by atoms with van der Waals surface area (Å²) >= 11 is 0.969. The van der Waals surface area contributed by atoms with Crippen LogP contribution >= 0.6 is 11.8 Å². The molecule has 2 amide bonds. The van der Waals surface area contributed by atoms with Crippen molar-refractivity contribution in [1.82, 2.24) is 4.90 Å². The van der Waals surface area contributed by atoms with Crippen molar-refractivity contribution in [2.45, 2.75) is 26.7 Å². The normalized spacial score (nSPS) is 16.6. The molecular formula is C18H21NO3S. The zero-order valence-corrected chi connectivity index (χ0v) is 14.7. The highest BCUT2D eigenvalue weighted by molar-refractivity contribution is 8.18. The zero-order valence-electron chi connectivity index (χ0n) is 13.9. The second-order valence-corrected chi connectivity index (χ2v) is 6.68. The molecule has 1 aliphatic heterocycles. The molecule has 0 spiro atoms. The first-order valence-electron chi connectivity index (χ1n) is 7.43. The molecule has 1 aliphatic rings. The molecule has 1 fully saturated rings. The fourth-order valence-corrected chi connectivity index (χ4v) is 3.27. The fraction of sp³-hybridized carbons (Fsp3) is 0.333. The van der Waals surface area contributed by atoms with E-state index in [-0.39, 0.29) is 17.7 Å². The van der Waals surface area contributed by atoms with Crippen LogP contribution in [0.5, 0.6) is 5.75 Å². The number of hydrogen-bond acceptors (Lipinski definition) is 4. The van der Waals surface area contributed by atoms with Crippen molar-refractivity contribution in [3.63, 3.8) is 0 Å². The summed E-state index contributed by atoms with van der Waals surface area (Å²) in [6.45, 7) is 9.96. The van der Waals surface area contributed by atoms with Crippen LogP contribution in [0.4, 0.5) is 4.79 Å². The highest BCUT2D eigenvalue weighted by atomic mass is 32.2. The van der Waals surface area contributed by atoms with E-state index in [0.717, 1.165) is 34.2 Å². The maximum absolute atomic E-state index is 12.3. The van der Waals surface area contributed by atoms with E-state index in [0.29, 0.717) is 10.8 Å². The van der Waals surface area contributed by atoms with Crippen LogP contribution in [-0.2, 0) is 4.79 Å². The molecule has 1 heterocycles. The van der Waals surface area contributed by atoms with Crippen LogP contribution in [0, 0.1) is 6.92 Å². The van der Waals surface area contributed by atoms with Crippen molar-refractivity contribution in [2.75, 3.05) is 13.7 Å². The van der Waals surface area contributed by atoms with Gasteiger partial charge in [0.15, 0.2) is 0 Å². The zero-order chi connectivity index (χ0) is 17.1. The van der Waals surface area contributed by atoms with E-state index in [1.165, 1.54) is 4.90 Å². The molecule has 0 bridgehead atoms. The van der Waals surface area contributed by atoms with Gasteiger partial charge in [0.05, 0.1) is 12.0 Å². The van der Waals surface area contributed by atoms with Gasteiger partial charge in [0.1, 0.15) is 5.75 Å². The number of methoxy groups -OCH3 is 1. The number of ether oxygens (including phenoxy) is 1. The van der Waals surface area contributed by atoms with Gasteiger partial charge in [-0.2, -0.15) is 0 Å². The van der Waals surface area contributed by atoms with Crippen LogP contribution in [-0.4, -0.2) is 29.7 Å². The van der Waals surface area contributed by atoms with Crippen LogP contribution in [0.15, 0.2) is 29.7 Å². The third kappa shape index (κ3) is 3.50. The Morgan fingerprint density at radius 3 is 2.61 bits per heavy atom. The molecule has 0 atom stereocenters. The van der Waals surface area contributed by atoms with Gasteiger partial charge in [-0.3, -0.25) is 14.5 Å². The lowest BCUT2D eigenvalue weighted by molar-refractivity contribution is -0.122. The Bertz CT molecular complexity index is 692. The van der Waals surface area contributed by atoms with Crippen LogP contribution in [0.25, 0.3) is 6.08 Å². The van der Waals surface area contributed by atoms with Crippen molar-refractivity contribution in [3.05, 3.63) is 46.4 Å². The number of aryl methyl sites for hydroxylation is 1. The van der Waals surface area contributed by atoms with E-state index in [4.69, 9.17) is 4.74 Å². The monoisotopic (exact) mass is 331 g/mol. The third-order valence-electron chi connectivity index (χ3n) is 3.71. The minimum absolute atomic E-state index is 0.237. The molecule has 0 N–H and O–H groups in total. The lowest BCUT2D eigenvalue weighted by Gasteiger charge is -2.15. The third-order valence-corrected chi connectivity index (χ3v) is 4.62. The van der Waals surface area contributed by atoms with Crippen molar-refractivity contribution in [1.29, 1.82) is 0 Å². The summed E-state index contributed by atoms with van der Waals surface area (Å²) in [4.78, 5) is 25.8. The van der Waals surface area contributed by atoms with Crippen LogP contribution in [0.1, 0.15) is 36.5 Å². The number of rotatable bonds is 5. The first-order valence-corrected chi connectivity index (χ1v) is 8.25. The van der Waals surface area contributed by atoms with Crippen molar-refractivity contribution < 1.29 is 14.3 Å². The van der Waals surface area contributed by atoms with E-state index < -0.39 is 0 Å². The summed E-state index contributed by atoms with van der Waals surface area (Å²) in [5.41, 5.74) is 3.01. The Hall–Kier alpha value is -2.01. The van der Waals surface area contributed by atoms with Gasteiger partial charge in [-0.05, 0) is 59.5 Å². The standard InChI is InChI=1S/C18H21NO3S/c1-6-7-19-17(20)16(23-18(19)21)10-13-9-14(11(2)3)15(22-5)8-12(13)4/h6,8-11H,1,7H2,2-5H3/b16-10-. The molecule has 5 heteroatoms. The van der Waals surface area contributed by atoms with Crippen LogP contribution < -0.4 is 4.74 Å². The van der Waals surface area contributed by atoms with Gasteiger partial charge < -0.3 is 4.74 Å². The Balaban J connectivity index is 2.43. The number of hydrogen-bond donors (Lipinski definition) is 0. The lowest BCUT2D eigenvalue weighted by Crippen LogP contribution is -2.27. The summed E-state index contributed by atoms with van der Waals surface area (Å²) < 4.78 is 5.43. The molecule has 0 unspecified atom stereocenters. The fourth-order valence-electron chi connectivity index (χ4n) is 2.43. The van der Waals surface area contributed by atoms with Gasteiger partial charge in [-0.15, -0.1) is 6.58 Å². The smallest absolute Gasteiger partial charge is 0.293 e. The highest BCUT2D eigenvalue weighted by Gasteiger charge is 2.34. The second kappa shape index (κ2) is 7.04. The van der Waals surface area contributed by atoms with E-state index >= 15 is 0 Å². The average Bonchev–Trinajstić information content (AvgIpc) is 2.76. The predicted molar refractivity (Wildman–Crippen MR) is 94.7 cm³/mol. The summed E-state index contributed by atoms with van der Waals surface area (Å²) in [5, 5.41) is -0.253. The van der Waals surface area contributed by atoms with Gasteiger partial charge in [-0.25, -0.2) is 0 Å². The summed E-state index contributed by atoms with van der Waals surface area (Å²) in [5.74, 6) is 0.879. The minimum Gasteiger partial charge on any atom is -0.496 e. The molecule has 1 aromatic rings. The number of amides is 2. The van der Waals surface area contributed by atoms with E-state index in [1.54, 1.807) is 19.3 Å². The quantitative estimate of drug-likeness (QED) is 0.594. The molecule has 0 aromatic heterocycles. The molecule has 0 radical (unpaired) electrons. The number of nitrogens with zero attached hydrogens (tertiary/aromatic N) is 1. The maximum atomic E-state index is 12.3. The van der Waals surface area contributed by atoms with Crippen molar-refractivity contribution >= 4 is 29.0 Å². The SMILES string of the molecule is C=CCN1C(=O)S/C(=C\c2cc(C(C)C)c(OC)cc2C)C1=O. The van der Waals surface area contributed by atoms with Gasteiger partial charge >= 0.3 is 0 Å². The Morgan fingerprint density at radius 2 is 2.04 bits per heavy atom. The van der Waals surface area contributed by atoms with Crippen LogP contribution in [0.3, 0.4) is 0 Å². The van der Waals surface area contributed by atoms with Gasteiger partial charge in [0.25, 0.3) is 11.1 Å². The number of carbonyl (C=O) groups is 2. The lowest BCUT2D eigenvalue weighted by atomic mass is 9.96. The molecule has 1 saturated heterocycles. The topological polar surface area (TPSA) is 46.6 Å². The predicted octanol–water partition coefficient (Wildman–Crippen LogP) is 4.35. The molecule has 1 aromatic carbocycles. The second-order valence-electron chi connectivity index (χ2n) is 5.69. The van der Waals surface area contributed by atoms with Crippen molar-refractivity contribution in [3.8, 4) is 5.75 Å². The molecule has 2 rings (SSSR count). The van der Waals surface area contributed by atoms with Crippen LogP contribution in [0.2, 0.25) is 0 Å². The van der Waals surface area contributed by atoms with Gasteiger partial charge in [0, 0.05) is 6.54 Å². The first-order chi connectivity index (χ1) is 10.9. The maximum Gasteiger partial charge on any atom is 0.293 e. The Kier molecular flexibility index (Phi) is 5.31. The summed E-state index contributed by atoms with van der Waals surface area (Å²) in [7, 11) is 1.65. The largest absolute Gasteiger partial charge is 0.496 e. The number of benzene rings is 1. The Morgan fingerprint density at radius 1 is 1.35 bits per heavy atom. The number of imide groups is 1. The molecule has 0 saturated carbocycles. The summed E-state index contributed by atoms with van der Waals surface area (Å²) in [6, 6.07) is 4.00. The summed E-state index contributed by atoms with van der Waals surface area (Å²) in [6.07, 6.45) is 3.34. The van der Waals surface area contributed by atoms with E-state index in [9.17, 15) is 9.59 Å². The van der Waals surface area contributed by atoms with Gasteiger partial charge in [-0.1, -0.05) is 19.9 Å². The van der Waals surface area contributed by atoms with E-state index in [1.807, 2.05) is 19.1 Å². The van der Waals surface area contributed by atoms with Gasteiger partial charge in [0.2, 0.25) is 0 Å². The molecular weight excluding hydrogens is 310 g/mol. The van der Waals surface area contributed by atoms with E-state index in [2.05, 4.69) is 20.4 Å². The number of thioether (sulfide) groups is 1. The molecule has 4 nitrogen and oxygen atoms in total. The molecule has 122 valence electrons. The molecule has 23 heavy (non-hydrogen) atoms. The Labute approximate surface area is 141 Å². The highest BCUT2D eigenvalue weighted by Crippen LogP contribution is 2.35. The average molecular weight is 331 g/mol.